The lowest BCUT2D eigenvalue weighted by Gasteiger charge is -1.98. The van der Waals surface area contributed by atoms with Crippen molar-refractivity contribution >= 4 is 50.5 Å². The van der Waals surface area contributed by atoms with Gasteiger partial charge in [-0.05, 0) is 42.8 Å². The third-order valence-corrected chi connectivity index (χ3v) is 5.23. The van der Waals surface area contributed by atoms with Crippen LogP contribution in [-0.2, 0) is 0 Å². The fourth-order valence-electron chi connectivity index (χ4n) is 2.25. The number of allylic oxidation sites excluding steroid dienone is 1. The Bertz CT molecular complexity index is 935. The lowest BCUT2D eigenvalue weighted by atomic mass is 10.1. The average Bonchev–Trinajstić information content (AvgIpc) is 2.96. The first kappa shape index (κ1) is 16.9. The molecule has 2 aromatic carbocycles. The van der Waals surface area contributed by atoms with E-state index < -0.39 is 0 Å². The molecule has 118 valence electrons. The van der Waals surface area contributed by atoms with Crippen LogP contribution in [0.1, 0.15) is 15.4 Å². The molecule has 0 saturated heterocycles. The molecule has 24 heavy (non-hydrogen) atoms. The molecule has 0 amide bonds. The van der Waals surface area contributed by atoms with Crippen LogP contribution >= 0.6 is 38.9 Å². The Morgan fingerprint density at radius 1 is 1.17 bits per heavy atom. The van der Waals surface area contributed by atoms with Crippen LogP contribution in [0.4, 0.5) is 0 Å². The normalized spacial score (nSPS) is 11.3. The van der Waals surface area contributed by atoms with E-state index in [-0.39, 0.29) is 0 Å². The van der Waals surface area contributed by atoms with Crippen LogP contribution < -0.4 is 0 Å². The molecule has 0 N–H and O–H groups in total. The molecule has 0 radical (unpaired) electrons. The number of aryl methyl sites for hydroxylation is 1. The van der Waals surface area contributed by atoms with E-state index in [1.807, 2.05) is 61.5 Å². The second kappa shape index (κ2) is 7.31. The molecule has 1 heterocycles. The van der Waals surface area contributed by atoms with Gasteiger partial charge in [-0.3, -0.25) is 0 Å². The molecule has 0 spiro atoms. The summed E-state index contributed by atoms with van der Waals surface area (Å²) in [5.74, 6) is 0. The van der Waals surface area contributed by atoms with E-state index >= 15 is 0 Å². The van der Waals surface area contributed by atoms with Gasteiger partial charge < -0.3 is 0 Å². The van der Waals surface area contributed by atoms with E-state index in [1.54, 1.807) is 0 Å². The number of halogens is 2. The average molecular weight is 416 g/mol. The van der Waals surface area contributed by atoms with Crippen molar-refractivity contribution in [3.05, 3.63) is 73.5 Å². The number of benzene rings is 2. The maximum Gasteiger partial charge on any atom is 0.134 e. The van der Waals surface area contributed by atoms with Crippen LogP contribution in [0.25, 0.3) is 22.9 Å². The molecular weight excluding hydrogens is 404 g/mol. The highest BCUT2D eigenvalue weighted by atomic mass is 79.9. The van der Waals surface area contributed by atoms with Crippen molar-refractivity contribution in [2.75, 3.05) is 0 Å². The van der Waals surface area contributed by atoms with E-state index in [9.17, 15) is 5.26 Å². The first-order valence-corrected chi connectivity index (χ1v) is 9.16. The summed E-state index contributed by atoms with van der Waals surface area (Å²) >= 11 is 10.9. The van der Waals surface area contributed by atoms with Gasteiger partial charge in [-0.1, -0.05) is 51.8 Å². The Labute approximate surface area is 158 Å². The van der Waals surface area contributed by atoms with E-state index in [4.69, 9.17) is 11.6 Å². The highest BCUT2D eigenvalue weighted by Gasteiger charge is 2.13. The van der Waals surface area contributed by atoms with Crippen molar-refractivity contribution in [2.45, 2.75) is 6.92 Å². The largest absolute Gasteiger partial charge is 0.235 e. The third kappa shape index (κ3) is 3.76. The highest BCUT2D eigenvalue weighted by Crippen LogP contribution is 2.32. The molecule has 0 aliphatic carbocycles. The van der Waals surface area contributed by atoms with Crippen LogP contribution in [0.15, 0.2) is 53.0 Å². The SMILES string of the molecule is Cc1sc(/C(C#N)=C\c2ccc(Br)cc2)nc1-c1ccc(Cl)cc1. The zero-order valence-corrected chi connectivity index (χ0v) is 15.9. The molecule has 0 atom stereocenters. The fourth-order valence-corrected chi connectivity index (χ4v) is 3.55. The number of rotatable bonds is 3. The number of thiazole rings is 1. The predicted octanol–water partition coefficient (Wildman–Crippen LogP) is 6.60. The monoisotopic (exact) mass is 414 g/mol. The van der Waals surface area contributed by atoms with Crippen molar-refractivity contribution in [1.29, 1.82) is 5.26 Å². The van der Waals surface area contributed by atoms with E-state index in [2.05, 4.69) is 27.0 Å². The Morgan fingerprint density at radius 3 is 2.46 bits per heavy atom. The Balaban J connectivity index is 1.99. The van der Waals surface area contributed by atoms with Gasteiger partial charge in [0.2, 0.25) is 0 Å². The first-order chi connectivity index (χ1) is 11.6. The van der Waals surface area contributed by atoms with Crippen molar-refractivity contribution in [3.63, 3.8) is 0 Å². The lowest BCUT2D eigenvalue weighted by Crippen LogP contribution is -1.83. The number of hydrogen-bond acceptors (Lipinski definition) is 3. The summed E-state index contributed by atoms with van der Waals surface area (Å²) < 4.78 is 1.01. The second-order valence-corrected chi connectivity index (χ2v) is 7.71. The quantitative estimate of drug-likeness (QED) is 0.452. The minimum atomic E-state index is 0.561. The topological polar surface area (TPSA) is 36.7 Å². The number of nitrogens with zero attached hydrogens (tertiary/aromatic N) is 2. The van der Waals surface area contributed by atoms with Gasteiger partial charge in [0.15, 0.2) is 0 Å². The minimum Gasteiger partial charge on any atom is -0.235 e. The van der Waals surface area contributed by atoms with Gasteiger partial charge in [-0.15, -0.1) is 11.3 Å². The summed E-state index contributed by atoms with van der Waals surface area (Å²) in [6.07, 6.45) is 1.86. The molecule has 1 aromatic heterocycles. The molecule has 0 aliphatic heterocycles. The van der Waals surface area contributed by atoms with Crippen LogP contribution in [0.2, 0.25) is 5.02 Å². The molecule has 0 aliphatic rings. The van der Waals surface area contributed by atoms with Crippen molar-refractivity contribution < 1.29 is 0 Å². The van der Waals surface area contributed by atoms with Crippen LogP contribution in [-0.4, -0.2) is 4.98 Å². The predicted molar refractivity (Wildman–Crippen MR) is 105 cm³/mol. The van der Waals surface area contributed by atoms with Gasteiger partial charge in [0.25, 0.3) is 0 Å². The van der Waals surface area contributed by atoms with Gasteiger partial charge in [0.1, 0.15) is 11.1 Å². The molecule has 0 unspecified atom stereocenters. The summed E-state index contributed by atoms with van der Waals surface area (Å²) in [5, 5.41) is 10.9. The maximum absolute atomic E-state index is 9.52. The number of nitriles is 1. The standard InChI is InChI=1S/C19H12BrClN2S/c1-12-18(14-4-8-17(21)9-5-14)23-19(24-12)15(11-22)10-13-2-6-16(20)7-3-13/h2-10H,1H3/b15-10-. The minimum absolute atomic E-state index is 0.561. The fraction of sp³-hybridized carbons (Fsp3) is 0.0526. The highest BCUT2D eigenvalue weighted by molar-refractivity contribution is 9.10. The Hall–Kier alpha value is -1.93. The molecule has 3 aromatic rings. The Morgan fingerprint density at radius 2 is 1.83 bits per heavy atom. The van der Waals surface area contributed by atoms with E-state index in [0.717, 1.165) is 31.2 Å². The molecule has 5 heteroatoms. The molecule has 3 rings (SSSR count). The van der Waals surface area contributed by atoms with Gasteiger partial charge in [0, 0.05) is 19.9 Å². The summed E-state index contributed by atoms with van der Waals surface area (Å²) in [7, 11) is 0. The Kier molecular flexibility index (Phi) is 5.15. The smallest absolute Gasteiger partial charge is 0.134 e. The van der Waals surface area contributed by atoms with Gasteiger partial charge in [-0.2, -0.15) is 5.26 Å². The molecule has 2 nitrogen and oxygen atoms in total. The van der Waals surface area contributed by atoms with Crippen molar-refractivity contribution in [3.8, 4) is 17.3 Å². The van der Waals surface area contributed by atoms with Gasteiger partial charge in [0.05, 0.1) is 11.3 Å². The summed E-state index contributed by atoms with van der Waals surface area (Å²) in [4.78, 5) is 5.74. The van der Waals surface area contributed by atoms with Gasteiger partial charge >= 0.3 is 0 Å². The molecular formula is C19H12BrClN2S. The lowest BCUT2D eigenvalue weighted by molar-refractivity contribution is 1.34. The summed E-state index contributed by atoms with van der Waals surface area (Å²) in [6, 6.07) is 17.7. The first-order valence-electron chi connectivity index (χ1n) is 7.18. The van der Waals surface area contributed by atoms with Crippen LogP contribution in [0.5, 0.6) is 0 Å². The zero-order chi connectivity index (χ0) is 17.1. The summed E-state index contributed by atoms with van der Waals surface area (Å²) in [6.45, 7) is 2.01. The number of hydrogen-bond donors (Lipinski definition) is 0. The van der Waals surface area contributed by atoms with Crippen LogP contribution in [0, 0.1) is 18.3 Å². The molecule has 0 fully saturated rings. The molecule has 0 bridgehead atoms. The second-order valence-electron chi connectivity index (χ2n) is 5.15. The summed E-state index contributed by atoms with van der Waals surface area (Å²) in [5.41, 5.74) is 3.42. The third-order valence-electron chi connectivity index (χ3n) is 3.45. The van der Waals surface area contributed by atoms with Crippen molar-refractivity contribution in [2.24, 2.45) is 0 Å². The van der Waals surface area contributed by atoms with E-state index in [0.29, 0.717) is 10.6 Å². The van der Waals surface area contributed by atoms with Gasteiger partial charge in [-0.25, -0.2) is 4.98 Å². The van der Waals surface area contributed by atoms with E-state index in [1.165, 1.54) is 11.3 Å². The maximum atomic E-state index is 9.52. The molecule has 0 saturated carbocycles. The zero-order valence-electron chi connectivity index (χ0n) is 12.8. The number of aromatic nitrogens is 1. The van der Waals surface area contributed by atoms with Crippen molar-refractivity contribution in [1.82, 2.24) is 4.98 Å². The van der Waals surface area contributed by atoms with Crippen LogP contribution in [0.3, 0.4) is 0 Å².